The van der Waals surface area contributed by atoms with Crippen LogP contribution in [0.4, 0.5) is 8.78 Å². The van der Waals surface area contributed by atoms with E-state index in [4.69, 9.17) is 4.74 Å². The standard InChI is InChI=1S/C15H22F2N2O2/c1-2-20-14-10-12(4-5-13(14)21-15(16)17)11-19-8-3-6-18-7-9-19/h4-5,10,15,18H,2-3,6-9,11H2,1H3. The highest BCUT2D eigenvalue weighted by atomic mass is 19.3. The third-order valence-electron chi connectivity index (χ3n) is 3.36. The fourth-order valence-electron chi connectivity index (χ4n) is 2.43. The Morgan fingerprint density at radius 1 is 1.24 bits per heavy atom. The largest absolute Gasteiger partial charge is 0.490 e. The molecule has 118 valence electrons. The first-order valence-electron chi connectivity index (χ1n) is 7.32. The van der Waals surface area contributed by atoms with E-state index in [-0.39, 0.29) is 5.75 Å². The topological polar surface area (TPSA) is 33.7 Å². The van der Waals surface area contributed by atoms with E-state index in [1.807, 2.05) is 13.0 Å². The third-order valence-corrected chi connectivity index (χ3v) is 3.36. The first-order chi connectivity index (χ1) is 10.2. The van der Waals surface area contributed by atoms with Crippen LogP contribution in [0.3, 0.4) is 0 Å². The summed E-state index contributed by atoms with van der Waals surface area (Å²) in [6.45, 7) is 4.22. The van der Waals surface area contributed by atoms with Crippen molar-refractivity contribution in [3.8, 4) is 11.5 Å². The van der Waals surface area contributed by atoms with E-state index in [0.717, 1.165) is 44.7 Å². The first kappa shape index (κ1) is 16.0. The molecule has 0 saturated carbocycles. The number of halogens is 2. The van der Waals surface area contributed by atoms with Gasteiger partial charge in [0.2, 0.25) is 0 Å². The lowest BCUT2D eigenvalue weighted by Gasteiger charge is -2.20. The monoisotopic (exact) mass is 300 g/mol. The van der Waals surface area contributed by atoms with Crippen molar-refractivity contribution in [2.75, 3.05) is 32.8 Å². The SMILES string of the molecule is CCOc1cc(CN2CCCNCC2)ccc1OC(F)F. The maximum absolute atomic E-state index is 12.4. The van der Waals surface area contributed by atoms with Crippen LogP contribution in [0.1, 0.15) is 18.9 Å². The van der Waals surface area contributed by atoms with Crippen LogP contribution in [-0.2, 0) is 6.54 Å². The molecule has 1 aliphatic heterocycles. The molecule has 0 spiro atoms. The second-order valence-corrected chi connectivity index (χ2v) is 4.97. The van der Waals surface area contributed by atoms with Gasteiger partial charge in [0.1, 0.15) is 0 Å². The third kappa shape index (κ3) is 5.13. The van der Waals surface area contributed by atoms with E-state index < -0.39 is 6.61 Å². The van der Waals surface area contributed by atoms with Gasteiger partial charge in [0.25, 0.3) is 0 Å². The fraction of sp³-hybridized carbons (Fsp3) is 0.600. The number of benzene rings is 1. The van der Waals surface area contributed by atoms with E-state index in [2.05, 4.69) is 15.0 Å². The van der Waals surface area contributed by atoms with Gasteiger partial charge < -0.3 is 14.8 Å². The van der Waals surface area contributed by atoms with Crippen LogP contribution < -0.4 is 14.8 Å². The molecule has 1 saturated heterocycles. The molecular formula is C15H22F2N2O2. The molecule has 0 radical (unpaired) electrons. The van der Waals surface area contributed by atoms with Gasteiger partial charge in [-0.15, -0.1) is 0 Å². The highest BCUT2D eigenvalue weighted by Crippen LogP contribution is 2.30. The summed E-state index contributed by atoms with van der Waals surface area (Å²) >= 11 is 0. The highest BCUT2D eigenvalue weighted by Gasteiger charge is 2.14. The summed E-state index contributed by atoms with van der Waals surface area (Å²) in [5, 5.41) is 3.36. The van der Waals surface area contributed by atoms with E-state index in [0.29, 0.717) is 12.4 Å². The Morgan fingerprint density at radius 2 is 2.10 bits per heavy atom. The minimum Gasteiger partial charge on any atom is -0.490 e. The molecule has 1 aliphatic rings. The minimum atomic E-state index is -2.84. The molecule has 0 aromatic heterocycles. The van der Waals surface area contributed by atoms with Gasteiger partial charge in [0.05, 0.1) is 6.61 Å². The molecule has 4 nitrogen and oxygen atoms in total. The van der Waals surface area contributed by atoms with Crippen molar-refractivity contribution in [3.05, 3.63) is 23.8 Å². The number of nitrogens with zero attached hydrogens (tertiary/aromatic N) is 1. The molecular weight excluding hydrogens is 278 g/mol. The number of hydrogen-bond donors (Lipinski definition) is 1. The minimum absolute atomic E-state index is 0.0909. The molecule has 1 aromatic carbocycles. The molecule has 0 aliphatic carbocycles. The van der Waals surface area contributed by atoms with Crippen molar-refractivity contribution in [2.24, 2.45) is 0 Å². The van der Waals surface area contributed by atoms with Gasteiger partial charge in [-0.1, -0.05) is 6.07 Å². The normalized spacial score (nSPS) is 16.8. The lowest BCUT2D eigenvalue weighted by molar-refractivity contribution is -0.0514. The lowest BCUT2D eigenvalue weighted by atomic mass is 10.2. The number of rotatable bonds is 6. The van der Waals surface area contributed by atoms with Gasteiger partial charge in [-0.2, -0.15) is 8.78 Å². The maximum Gasteiger partial charge on any atom is 0.387 e. The Labute approximate surface area is 124 Å². The summed E-state index contributed by atoms with van der Waals surface area (Å²) in [4.78, 5) is 2.35. The maximum atomic E-state index is 12.4. The van der Waals surface area contributed by atoms with Gasteiger partial charge >= 0.3 is 6.61 Å². The van der Waals surface area contributed by atoms with Crippen LogP contribution in [0, 0.1) is 0 Å². The van der Waals surface area contributed by atoms with Gasteiger partial charge in [-0.05, 0) is 44.1 Å². The zero-order valence-electron chi connectivity index (χ0n) is 12.3. The average molecular weight is 300 g/mol. The Bertz CT molecular complexity index is 436. The summed E-state index contributed by atoms with van der Waals surface area (Å²) in [5.74, 6) is 0.469. The van der Waals surface area contributed by atoms with Crippen molar-refractivity contribution in [2.45, 2.75) is 26.5 Å². The van der Waals surface area contributed by atoms with E-state index >= 15 is 0 Å². The summed E-state index contributed by atoms with van der Waals surface area (Å²) in [7, 11) is 0. The fourth-order valence-corrected chi connectivity index (χ4v) is 2.43. The molecule has 0 atom stereocenters. The first-order valence-corrected chi connectivity index (χ1v) is 7.32. The molecule has 1 fully saturated rings. The summed E-state index contributed by atoms with van der Waals surface area (Å²) < 4.78 is 34.6. The van der Waals surface area contributed by atoms with Crippen LogP contribution in [0.25, 0.3) is 0 Å². The summed E-state index contributed by atoms with van der Waals surface area (Å²) in [6, 6.07) is 5.17. The second-order valence-electron chi connectivity index (χ2n) is 4.97. The molecule has 21 heavy (non-hydrogen) atoms. The van der Waals surface area contributed by atoms with Crippen molar-refractivity contribution in [1.29, 1.82) is 0 Å². The van der Waals surface area contributed by atoms with E-state index in [1.54, 1.807) is 12.1 Å². The predicted molar refractivity (Wildman–Crippen MR) is 77.0 cm³/mol. The van der Waals surface area contributed by atoms with Crippen molar-refractivity contribution in [1.82, 2.24) is 10.2 Å². The molecule has 1 N–H and O–H groups in total. The molecule has 2 rings (SSSR count). The Kier molecular flexibility index (Phi) is 6.20. The lowest BCUT2D eigenvalue weighted by Crippen LogP contribution is -2.27. The molecule has 1 aromatic rings. The van der Waals surface area contributed by atoms with Crippen LogP contribution in [-0.4, -0.2) is 44.3 Å². The average Bonchev–Trinajstić information content (AvgIpc) is 2.70. The summed E-state index contributed by atoms with van der Waals surface area (Å²) in [6.07, 6.45) is 1.12. The van der Waals surface area contributed by atoms with Gasteiger partial charge in [-0.3, -0.25) is 4.90 Å². The Balaban J connectivity index is 2.06. The van der Waals surface area contributed by atoms with Gasteiger partial charge in [-0.25, -0.2) is 0 Å². The van der Waals surface area contributed by atoms with Crippen molar-refractivity contribution < 1.29 is 18.3 Å². The summed E-state index contributed by atoms with van der Waals surface area (Å²) in [5.41, 5.74) is 1.04. The molecule has 0 bridgehead atoms. The van der Waals surface area contributed by atoms with Crippen molar-refractivity contribution in [3.63, 3.8) is 0 Å². The zero-order valence-corrected chi connectivity index (χ0v) is 12.3. The number of hydrogen-bond acceptors (Lipinski definition) is 4. The van der Waals surface area contributed by atoms with Crippen LogP contribution in [0.2, 0.25) is 0 Å². The smallest absolute Gasteiger partial charge is 0.387 e. The predicted octanol–water partition coefficient (Wildman–Crippen LogP) is 2.48. The number of nitrogens with one attached hydrogen (secondary N) is 1. The van der Waals surface area contributed by atoms with E-state index in [9.17, 15) is 8.78 Å². The zero-order chi connectivity index (χ0) is 15.1. The molecule has 1 heterocycles. The molecule has 6 heteroatoms. The number of alkyl halides is 2. The van der Waals surface area contributed by atoms with Crippen LogP contribution in [0.5, 0.6) is 11.5 Å². The van der Waals surface area contributed by atoms with Gasteiger partial charge in [0, 0.05) is 19.6 Å². The number of ether oxygens (including phenoxy) is 2. The van der Waals surface area contributed by atoms with Gasteiger partial charge in [0.15, 0.2) is 11.5 Å². The van der Waals surface area contributed by atoms with E-state index in [1.165, 1.54) is 0 Å². The highest BCUT2D eigenvalue weighted by molar-refractivity contribution is 5.43. The second kappa shape index (κ2) is 8.14. The Hall–Kier alpha value is -1.40. The quantitative estimate of drug-likeness (QED) is 0.875. The van der Waals surface area contributed by atoms with Crippen molar-refractivity contribution >= 4 is 0 Å². The van der Waals surface area contributed by atoms with Crippen LogP contribution in [0.15, 0.2) is 18.2 Å². The molecule has 0 amide bonds. The Morgan fingerprint density at radius 3 is 2.86 bits per heavy atom. The molecule has 0 unspecified atom stereocenters. The van der Waals surface area contributed by atoms with Crippen LogP contribution >= 0.6 is 0 Å².